The molecule has 0 saturated heterocycles. The van der Waals surface area contributed by atoms with Crippen molar-refractivity contribution in [2.75, 3.05) is 5.73 Å². The summed E-state index contributed by atoms with van der Waals surface area (Å²) in [5.41, 5.74) is 10.9. The summed E-state index contributed by atoms with van der Waals surface area (Å²) < 4.78 is 1.75. The van der Waals surface area contributed by atoms with E-state index >= 15 is 0 Å². The first-order valence-electron chi connectivity index (χ1n) is 6.19. The zero-order chi connectivity index (χ0) is 13.5. The molecule has 2 aromatic rings. The number of aryl methyl sites for hydroxylation is 2. The summed E-state index contributed by atoms with van der Waals surface area (Å²) in [7, 11) is 1.89. The van der Waals surface area contributed by atoms with Crippen LogP contribution in [0.3, 0.4) is 0 Å². The summed E-state index contributed by atoms with van der Waals surface area (Å²) >= 11 is 0. The van der Waals surface area contributed by atoms with Gasteiger partial charge in [0.25, 0.3) is 0 Å². The third-order valence-electron chi connectivity index (χ3n) is 3.24. The number of benzene rings is 1. The van der Waals surface area contributed by atoms with Crippen LogP contribution < -0.4 is 5.73 Å². The maximum atomic E-state index is 5.93. The first-order valence-corrected chi connectivity index (χ1v) is 6.19. The van der Waals surface area contributed by atoms with Gasteiger partial charge in [-0.3, -0.25) is 4.68 Å². The van der Waals surface area contributed by atoms with Crippen molar-refractivity contribution >= 4 is 5.82 Å². The van der Waals surface area contributed by atoms with Crippen LogP contribution in [-0.2, 0) is 12.5 Å². The number of nitrogens with zero attached hydrogens (tertiary/aromatic N) is 2. The monoisotopic (exact) mass is 243 g/mol. The summed E-state index contributed by atoms with van der Waals surface area (Å²) in [4.78, 5) is 0. The Morgan fingerprint density at radius 3 is 2.28 bits per heavy atom. The van der Waals surface area contributed by atoms with Gasteiger partial charge in [-0.25, -0.2) is 0 Å². The highest BCUT2D eigenvalue weighted by Crippen LogP contribution is 2.31. The van der Waals surface area contributed by atoms with Crippen molar-refractivity contribution in [3.05, 3.63) is 35.5 Å². The molecule has 0 radical (unpaired) electrons. The number of aromatic nitrogens is 2. The smallest absolute Gasteiger partial charge is 0.153 e. The predicted molar refractivity (Wildman–Crippen MR) is 76.5 cm³/mol. The lowest BCUT2D eigenvalue weighted by Gasteiger charge is -2.20. The van der Waals surface area contributed by atoms with Gasteiger partial charge in [0.15, 0.2) is 5.82 Å². The van der Waals surface area contributed by atoms with Crippen molar-refractivity contribution in [1.82, 2.24) is 9.78 Å². The molecule has 0 spiro atoms. The summed E-state index contributed by atoms with van der Waals surface area (Å²) in [5, 5.41) is 4.19. The van der Waals surface area contributed by atoms with Crippen LogP contribution in [0.2, 0.25) is 0 Å². The zero-order valence-corrected chi connectivity index (χ0v) is 11.8. The number of anilines is 1. The van der Waals surface area contributed by atoms with E-state index in [4.69, 9.17) is 5.73 Å². The Hall–Kier alpha value is -1.77. The van der Waals surface area contributed by atoms with Crippen LogP contribution >= 0.6 is 0 Å². The number of hydrogen-bond acceptors (Lipinski definition) is 2. The van der Waals surface area contributed by atoms with E-state index in [1.54, 1.807) is 4.68 Å². The van der Waals surface area contributed by atoms with Crippen LogP contribution in [0, 0.1) is 6.92 Å². The lowest BCUT2D eigenvalue weighted by molar-refractivity contribution is 0.590. The maximum Gasteiger partial charge on any atom is 0.153 e. The average Bonchev–Trinajstić information content (AvgIpc) is 2.56. The van der Waals surface area contributed by atoms with E-state index in [1.165, 1.54) is 11.1 Å². The molecule has 18 heavy (non-hydrogen) atoms. The molecule has 0 bridgehead atoms. The van der Waals surface area contributed by atoms with Gasteiger partial charge in [-0.05, 0) is 29.0 Å². The molecule has 0 amide bonds. The Kier molecular flexibility index (Phi) is 2.93. The summed E-state index contributed by atoms with van der Waals surface area (Å²) in [6.07, 6.45) is 1.97. The van der Waals surface area contributed by atoms with Crippen LogP contribution in [0.25, 0.3) is 11.1 Å². The molecule has 3 heteroatoms. The summed E-state index contributed by atoms with van der Waals surface area (Å²) in [6.45, 7) is 8.79. The molecule has 96 valence electrons. The molecule has 0 unspecified atom stereocenters. The van der Waals surface area contributed by atoms with Crippen molar-refractivity contribution in [3.8, 4) is 11.1 Å². The van der Waals surface area contributed by atoms with E-state index in [2.05, 4.69) is 51.0 Å². The molecular weight excluding hydrogens is 222 g/mol. The van der Waals surface area contributed by atoms with Crippen molar-refractivity contribution in [3.63, 3.8) is 0 Å². The SMILES string of the molecule is Cc1cc(C(C)(C)C)ccc1-c1cn(C)nc1N. The number of hydrogen-bond donors (Lipinski definition) is 1. The van der Waals surface area contributed by atoms with E-state index in [1.807, 2.05) is 13.2 Å². The van der Waals surface area contributed by atoms with Gasteiger partial charge in [-0.15, -0.1) is 0 Å². The van der Waals surface area contributed by atoms with Gasteiger partial charge < -0.3 is 5.73 Å². The number of rotatable bonds is 1. The Labute approximate surface area is 109 Å². The minimum atomic E-state index is 0.170. The molecule has 0 aliphatic heterocycles. The van der Waals surface area contributed by atoms with Crippen molar-refractivity contribution in [2.24, 2.45) is 7.05 Å². The lowest BCUT2D eigenvalue weighted by Crippen LogP contribution is -2.11. The van der Waals surface area contributed by atoms with Crippen LogP contribution in [0.4, 0.5) is 5.82 Å². The van der Waals surface area contributed by atoms with Gasteiger partial charge in [0.1, 0.15) is 0 Å². The van der Waals surface area contributed by atoms with Crippen molar-refractivity contribution in [1.29, 1.82) is 0 Å². The third kappa shape index (κ3) is 2.26. The standard InChI is InChI=1S/C15H21N3/c1-10-8-11(15(2,3)4)6-7-12(10)13-9-18(5)17-14(13)16/h6-9H,1-5H3,(H2,16,17). The highest BCUT2D eigenvalue weighted by molar-refractivity contribution is 5.76. The fraction of sp³-hybridized carbons (Fsp3) is 0.400. The Morgan fingerprint density at radius 1 is 1.17 bits per heavy atom. The van der Waals surface area contributed by atoms with E-state index in [0.29, 0.717) is 5.82 Å². The minimum absolute atomic E-state index is 0.170. The highest BCUT2D eigenvalue weighted by atomic mass is 15.3. The third-order valence-corrected chi connectivity index (χ3v) is 3.24. The summed E-state index contributed by atoms with van der Waals surface area (Å²) in [6, 6.07) is 6.56. The van der Waals surface area contributed by atoms with Crippen LogP contribution in [0.15, 0.2) is 24.4 Å². The first kappa shape index (κ1) is 12.7. The van der Waals surface area contributed by atoms with Gasteiger partial charge in [-0.2, -0.15) is 5.10 Å². The van der Waals surface area contributed by atoms with Crippen LogP contribution in [0.5, 0.6) is 0 Å². The quantitative estimate of drug-likeness (QED) is 0.835. The van der Waals surface area contributed by atoms with E-state index in [0.717, 1.165) is 11.1 Å². The van der Waals surface area contributed by atoms with Crippen molar-refractivity contribution in [2.45, 2.75) is 33.1 Å². The molecule has 1 aromatic carbocycles. The fourth-order valence-corrected chi connectivity index (χ4v) is 2.15. The molecular formula is C15H21N3. The highest BCUT2D eigenvalue weighted by Gasteiger charge is 2.16. The topological polar surface area (TPSA) is 43.8 Å². The van der Waals surface area contributed by atoms with E-state index in [9.17, 15) is 0 Å². The number of nitrogen functional groups attached to an aromatic ring is 1. The summed E-state index contributed by atoms with van der Waals surface area (Å²) in [5.74, 6) is 0.587. The van der Waals surface area contributed by atoms with Gasteiger partial charge in [0, 0.05) is 18.8 Å². The zero-order valence-electron chi connectivity index (χ0n) is 11.8. The molecule has 3 nitrogen and oxygen atoms in total. The normalized spacial score (nSPS) is 11.8. The molecule has 0 fully saturated rings. The van der Waals surface area contributed by atoms with Gasteiger partial charge in [0.05, 0.1) is 0 Å². The van der Waals surface area contributed by atoms with Gasteiger partial charge in [-0.1, -0.05) is 39.0 Å². The Balaban J connectivity index is 2.51. The fourth-order valence-electron chi connectivity index (χ4n) is 2.15. The Morgan fingerprint density at radius 2 is 1.83 bits per heavy atom. The molecule has 1 aromatic heterocycles. The molecule has 0 atom stereocenters. The van der Waals surface area contributed by atoms with E-state index < -0.39 is 0 Å². The van der Waals surface area contributed by atoms with Crippen LogP contribution in [-0.4, -0.2) is 9.78 Å². The molecule has 0 aliphatic rings. The second-order valence-corrected chi connectivity index (χ2v) is 5.88. The first-order chi connectivity index (χ1) is 8.29. The van der Waals surface area contributed by atoms with Crippen molar-refractivity contribution < 1.29 is 0 Å². The van der Waals surface area contributed by atoms with Crippen LogP contribution in [0.1, 0.15) is 31.9 Å². The second kappa shape index (κ2) is 4.16. The van der Waals surface area contributed by atoms with Gasteiger partial charge in [0.2, 0.25) is 0 Å². The predicted octanol–water partition coefficient (Wildman–Crippen LogP) is 3.28. The largest absolute Gasteiger partial charge is 0.382 e. The number of nitrogens with two attached hydrogens (primary N) is 1. The molecule has 0 saturated carbocycles. The molecule has 1 heterocycles. The lowest BCUT2D eigenvalue weighted by atomic mass is 9.85. The molecule has 2 rings (SSSR count). The second-order valence-electron chi connectivity index (χ2n) is 5.88. The van der Waals surface area contributed by atoms with Gasteiger partial charge >= 0.3 is 0 Å². The maximum absolute atomic E-state index is 5.93. The van der Waals surface area contributed by atoms with E-state index in [-0.39, 0.29) is 5.41 Å². The molecule has 2 N–H and O–H groups in total. The Bertz CT molecular complexity index is 574. The average molecular weight is 243 g/mol. The minimum Gasteiger partial charge on any atom is -0.382 e. The molecule has 0 aliphatic carbocycles.